The van der Waals surface area contributed by atoms with Crippen molar-refractivity contribution in [1.29, 1.82) is 0 Å². The lowest BCUT2D eigenvalue weighted by molar-refractivity contribution is 0.102. The molecule has 0 unspecified atom stereocenters. The average molecular weight is 218 g/mol. The fourth-order valence-corrected chi connectivity index (χ4v) is 1.29. The van der Waals surface area contributed by atoms with Gasteiger partial charge < -0.3 is 10.4 Å². The van der Waals surface area contributed by atoms with Gasteiger partial charge in [-0.3, -0.25) is 4.79 Å². The van der Waals surface area contributed by atoms with Crippen molar-refractivity contribution in [2.24, 2.45) is 0 Å². The lowest BCUT2D eigenvalue weighted by atomic mass is 10.2. The summed E-state index contributed by atoms with van der Waals surface area (Å²) in [4.78, 5) is 11.6. The minimum absolute atomic E-state index is 0.164. The molecule has 2 aromatic rings. The number of hydrogen-bond donors (Lipinski definition) is 3. The molecule has 0 atom stereocenters. The van der Waals surface area contributed by atoms with Crippen LogP contribution in [0.3, 0.4) is 0 Å². The third-order valence-electron chi connectivity index (χ3n) is 2.11. The molecule has 1 aromatic heterocycles. The fraction of sp³-hybridized carbons (Fsp3) is 0.100. The van der Waals surface area contributed by atoms with Crippen LogP contribution in [0.25, 0.3) is 0 Å². The van der Waals surface area contributed by atoms with Crippen molar-refractivity contribution >= 4 is 11.6 Å². The van der Waals surface area contributed by atoms with E-state index in [1.54, 1.807) is 19.1 Å². The molecule has 0 saturated carbocycles. The minimum Gasteiger partial charge on any atom is -0.508 e. The van der Waals surface area contributed by atoms with Gasteiger partial charge in [0.25, 0.3) is 5.91 Å². The summed E-state index contributed by atoms with van der Waals surface area (Å²) in [5, 5.41) is 21.4. The van der Waals surface area contributed by atoms with Crippen molar-refractivity contribution in [2.75, 3.05) is 5.32 Å². The van der Waals surface area contributed by atoms with E-state index in [0.717, 1.165) is 5.56 Å². The molecule has 0 aliphatic carbocycles. The number of aromatic hydroxyl groups is 1. The van der Waals surface area contributed by atoms with E-state index in [1.165, 1.54) is 12.3 Å². The smallest absolute Gasteiger partial charge is 0.277 e. The molecule has 1 heterocycles. The maximum atomic E-state index is 11.6. The number of aryl methyl sites for hydroxylation is 1. The maximum Gasteiger partial charge on any atom is 0.277 e. The first-order chi connectivity index (χ1) is 7.66. The van der Waals surface area contributed by atoms with Gasteiger partial charge in [-0.15, -0.1) is 0 Å². The molecule has 6 nitrogen and oxygen atoms in total. The van der Waals surface area contributed by atoms with E-state index < -0.39 is 0 Å². The number of amides is 1. The van der Waals surface area contributed by atoms with Gasteiger partial charge in [-0.2, -0.15) is 15.4 Å². The molecule has 16 heavy (non-hydrogen) atoms. The molecule has 1 aromatic carbocycles. The van der Waals surface area contributed by atoms with Gasteiger partial charge in [0.05, 0.1) is 6.20 Å². The number of carbonyl (C=O) groups excluding carboxylic acids is 1. The number of nitrogens with zero attached hydrogens (tertiary/aromatic N) is 2. The largest absolute Gasteiger partial charge is 0.508 e. The molecule has 1 amide bonds. The van der Waals surface area contributed by atoms with Gasteiger partial charge in [-0.1, -0.05) is 0 Å². The second-order valence-corrected chi connectivity index (χ2v) is 3.31. The molecule has 6 heteroatoms. The molecule has 3 N–H and O–H groups in total. The summed E-state index contributed by atoms with van der Waals surface area (Å²) in [5.41, 5.74) is 1.62. The minimum atomic E-state index is -0.345. The number of nitrogens with one attached hydrogen (secondary N) is 2. The van der Waals surface area contributed by atoms with Crippen LogP contribution >= 0.6 is 0 Å². The zero-order chi connectivity index (χ0) is 11.5. The lowest BCUT2D eigenvalue weighted by Crippen LogP contribution is -2.13. The Morgan fingerprint density at radius 1 is 1.50 bits per heavy atom. The zero-order valence-corrected chi connectivity index (χ0v) is 8.56. The number of phenols is 1. The van der Waals surface area contributed by atoms with Crippen LogP contribution in [-0.4, -0.2) is 26.4 Å². The van der Waals surface area contributed by atoms with E-state index >= 15 is 0 Å². The molecular weight excluding hydrogens is 208 g/mol. The molecule has 0 aliphatic heterocycles. The highest BCUT2D eigenvalue weighted by Crippen LogP contribution is 2.20. The normalized spacial score (nSPS) is 10.1. The topological polar surface area (TPSA) is 90.9 Å². The Bertz CT molecular complexity index is 508. The maximum absolute atomic E-state index is 11.6. The Kier molecular flexibility index (Phi) is 2.55. The molecule has 2 rings (SSSR count). The molecule has 82 valence electrons. The second kappa shape index (κ2) is 4.01. The molecule has 0 saturated heterocycles. The van der Waals surface area contributed by atoms with E-state index in [0.29, 0.717) is 5.69 Å². The molecule has 0 spiro atoms. The Balaban J connectivity index is 2.18. The van der Waals surface area contributed by atoms with Crippen LogP contribution in [0.2, 0.25) is 0 Å². The molecule has 0 bridgehead atoms. The van der Waals surface area contributed by atoms with Crippen LogP contribution < -0.4 is 5.32 Å². The quantitative estimate of drug-likeness (QED) is 0.657. The van der Waals surface area contributed by atoms with E-state index in [9.17, 15) is 9.90 Å². The van der Waals surface area contributed by atoms with Crippen LogP contribution in [0.5, 0.6) is 5.75 Å². The highest BCUT2D eigenvalue weighted by atomic mass is 16.3. The van der Waals surface area contributed by atoms with Crippen molar-refractivity contribution in [2.45, 2.75) is 6.92 Å². The summed E-state index contributed by atoms with van der Waals surface area (Å²) >= 11 is 0. The van der Waals surface area contributed by atoms with Gasteiger partial charge in [-0.05, 0) is 30.7 Å². The van der Waals surface area contributed by atoms with E-state index in [1.807, 2.05) is 0 Å². The number of aromatic amines is 1. The lowest BCUT2D eigenvalue weighted by Gasteiger charge is -2.06. The van der Waals surface area contributed by atoms with Crippen molar-refractivity contribution in [1.82, 2.24) is 15.4 Å². The summed E-state index contributed by atoms with van der Waals surface area (Å²) in [7, 11) is 0. The monoisotopic (exact) mass is 218 g/mol. The summed E-state index contributed by atoms with van der Waals surface area (Å²) < 4.78 is 0. The summed E-state index contributed by atoms with van der Waals surface area (Å²) in [5.74, 6) is -0.181. The highest BCUT2D eigenvalue weighted by molar-refractivity contribution is 6.03. The number of anilines is 1. The van der Waals surface area contributed by atoms with Crippen LogP contribution in [-0.2, 0) is 0 Å². The number of aromatic nitrogens is 3. The average Bonchev–Trinajstić information content (AvgIpc) is 2.75. The SMILES string of the molecule is Cc1cc(O)ccc1NC(=O)c1cn[nH]n1. The molecular formula is C10H10N4O2. The van der Waals surface area contributed by atoms with Gasteiger partial charge in [0.2, 0.25) is 0 Å². The number of H-pyrrole nitrogens is 1. The Hall–Kier alpha value is -2.37. The predicted octanol–water partition coefficient (Wildman–Crippen LogP) is 1.07. The summed E-state index contributed by atoms with van der Waals surface area (Å²) in [6.45, 7) is 1.79. The van der Waals surface area contributed by atoms with E-state index in [4.69, 9.17) is 0 Å². The van der Waals surface area contributed by atoms with Gasteiger partial charge in [0.1, 0.15) is 5.75 Å². The third-order valence-corrected chi connectivity index (χ3v) is 2.11. The van der Waals surface area contributed by atoms with Gasteiger partial charge in [0, 0.05) is 5.69 Å². The van der Waals surface area contributed by atoms with E-state index in [2.05, 4.69) is 20.7 Å². The van der Waals surface area contributed by atoms with Crippen molar-refractivity contribution in [3.63, 3.8) is 0 Å². The first-order valence-corrected chi connectivity index (χ1v) is 4.63. The van der Waals surface area contributed by atoms with Crippen molar-refractivity contribution in [3.05, 3.63) is 35.7 Å². The van der Waals surface area contributed by atoms with Gasteiger partial charge >= 0.3 is 0 Å². The number of rotatable bonds is 2. The molecule has 0 aliphatic rings. The van der Waals surface area contributed by atoms with E-state index in [-0.39, 0.29) is 17.4 Å². The number of hydrogen-bond acceptors (Lipinski definition) is 4. The molecule has 0 fully saturated rings. The number of benzene rings is 1. The van der Waals surface area contributed by atoms with Crippen LogP contribution in [0.4, 0.5) is 5.69 Å². The Morgan fingerprint density at radius 3 is 2.94 bits per heavy atom. The standard InChI is InChI=1S/C10H10N4O2/c1-6-4-7(15)2-3-8(6)12-10(16)9-5-11-14-13-9/h2-5,15H,1H3,(H,12,16)(H,11,13,14). The second-order valence-electron chi connectivity index (χ2n) is 3.31. The zero-order valence-electron chi connectivity index (χ0n) is 8.56. The Labute approximate surface area is 91.3 Å². The number of carbonyl (C=O) groups is 1. The van der Waals surface area contributed by atoms with Crippen LogP contribution in [0, 0.1) is 6.92 Å². The third kappa shape index (κ3) is 2.00. The van der Waals surface area contributed by atoms with Crippen molar-refractivity contribution < 1.29 is 9.90 Å². The molecule has 0 radical (unpaired) electrons. The van der Waals surface area contributed by atoms with Crippen molar-refractivity contribution in [3.8, 4) is 5.75 Å². The number of phenolic OH excluding ortho intramolecular Hbond substituents is 1. The Morgan fingerprint density at radius 2 is 2.31 bits per heavy atom. The first-order valence-electron chi connectivity index (χ1n) is 4.63. The first kappa shape index (κ1) is 10.2. The summed E-state index contributed by atoms with van der Waals surface area (Å²) in [6, 6.07) is 4.70. The van der Waals surface area contributed by atoms with Crippen LogP contribution in [0.1, 0.15) is 16.1 Å². The fourth-order valence-electron chi connectivity index (χ4n) is 1.29. The predicted molar refractivity (Wildman–Crippen MR) is 57.2 cm³/mol. The van der Waals surface area contributed by atoms with Gasteiger partial charge in [-0.25, -0.2) is 0 Å². The summed E-state index contributed by atoms with van der Waals surface area (Å²) in [6.07, 6.45) is 1.34. The highest BCUT2D eigenvalue weighted by Gasteiger charge is 2.10. The van der Waals surface area contributed by atoms with Gasteiger partial charge in [0.15, 0.2) is 5.69 Å². The van der Waals surface area contributed by atoms with Crippen LogP contribution in [0.15, 0.2) is 24.4 Å².